The van der Waals surface area contributed by atoms with Crippen molar-refractivity contribution in [2.75, 3.05) is 10.2 Å². The van der Waals surface area contributed by atoms with Crippen molar-refractivity contribution in [1.29, 1.82) is 0 Å². The standard InChI is InChI=1S/C26H28N6O/c1-4-23(33)20-8-5-7-19(15-20)21-16-22(26-27-13-14-31(26)30-21)28-24-9-6-10-25(29-24)32-17(2)11-12-18(32)3/h5-10,13-18H,4,11-12H2,1-3H3,(H,28,29). The van der Waals surface area contributed by atoms with Gasteiger partial charge < -0.3 is 10.2 Å². The van der Waals surface area contributed by atoms with Crippen LogP contribution in [0, 0.1) is 0 Å². The minimum Gasteiger partial charge on any atom is -0.351 e. The average molecular weight is 441 g/mol. The minimum atomic E-state index is 0.116. The number of hydrogen-bond donors (Lipinski definition) is 1. The van der Waals surface area contributed by atoms with Gasteiger partial charge in [0.15, 0.2) is 11.4 Å². The summed E-state index contributed by atoms with van der Waals surface area (Å²) in [6.45, 7) is 6.38. The van der Waals surface area contributed by atoms with E-state index >= 15 is 0 Å². The minimum absolute atomic E-state index is 0.116. The fourth-order valence-corrected chi connectivity index (χ4v) is 4.63. The fourth-order valence-electron chi connectivity index (χ4n) is 4.63. The summed E-state index contributed by atoms with van der Waals surface area (Å²) in [6, 6.07) is 16.6. The number of aromatic nitrogens is 4. The molecule has 7 nitrogen and oxygen atoms in total. The Morgan fingerprint density at radius 2 is 1.88 bits per heavy atom. The Kier molecular flexibility index (Phi) is 5.54. The van der Waals surface area contributed by atoms with Crippen molar-refractivity contribution in [1.82, 2.24) is 19.6 Å². The van der Waals surface area contributed by atoms with Crippen LogP contribution in [0.4, 0.5) is 17.3 Å². The number of carbonyl (C=O) groups excluding carboxylic acids is 1. The molecule has 1 N–H and O–H groups in total. The van der Waals surface area contributed by atoms with Crippen LogP contribution in [-0.4, -0.2) is 37.4 Å². The maximum Gasteiger partial charge on any atom is 0.177 e. The smallest absolute Gasteiger partial charge is 0.177 e. The number of fused-ring (bicyclic) bond motifs is 1. The van der Waals surface area contributed by atoms with E-state index in [4.69, 9.17) is 10.1 Å². The fraction of sp³-hybridized carbons (Fsp3) is 0.308. The number of rotatable bonds is 6. The van der Waals surface area contributed by atoms with Crippen molar-refractivity contribution in [3.8, 4) is 11.3 Å². The van der Waals surface area contributed by atoms with Crippen LogP contribution in [0.3, 0.4) is 0 Å². The van der Waals surface area contributed by atoms with E-state index in [1.807, 2.05) is 55.6 Å². The zero-order valence-electron chi connectivity index (χ0n) is 19.2. The third-order valence-corrected chi connectivity index (χ3v) is 6.37. The van der Waals surface area contributed by atoms with E-state index in [1.54, 1.807) is 10.7 Å². The van der Waals surface area contributed by atoms with Gasteiger partial charge in [0.1, 0.15) is 11.6 Å². The van der Waals surface area contributed by atoms with E-state index in [0.29, 0.717) is 24.1 Å². The molecular weight excluding hydrogens is 412 g/mol. The van der Waals surface area contributed by atoms with E-state index < -0.39 is 0 Å². The number of nitrogens with one attached hydrogen (secondary N) is 1. The number of nitrogens with zero attached hydrogens (tertiary/aromatic N) is 5. The summed E-state index contributed by atoms with van der Waals surface area (Å²) in [5, 5.41) is 8.17. The monoisotopic (exact) mass is 440 g/mol. The third kappa shape index (κ3) is 4.06. The lowest BCUT2D eigenvalue weighted by molar-refractivity contribution is 0.0988. The first kappa shape index (κ1) is 21.1. The Morgan fingerprint density at radius 3 is 2.67 bits per heavy atom. The van der Waals surface area contributed by atoms with Crippen molar-refractivity contribution in [2.24, 2.45) is 0 Å². The highest BCUT2D eigenvalue weighted by atomic mass is 16.1. The first-order valence-corrected chi connectivity index (χ1v) is 11.5. The maximum atomic E-state index is 12.2. The molecule has 1 saturated heterocycles. The average Bonchev–Trinajstić information content (AvgIpc) is 3.45. The van der Waals surface area contributed by atoms with E-state index in [2.05, 4.69) is 35.1 Å². The van der Waals surface area contributed by atoms with Gasteiger partial charge in [0.25, 0.3) is 0 Å². The topological polar surface area (TPSA) is 75.4 Å². The van der Waals surface area contributed by atoms with Gasteiger partial charge in [-0.15, -0.1) is 0 Å². The Labute approximate surface area is 193 Å². The molecule has 0 spiro atoms. The molecule has 0 radical (unpaired) electrons. The molecule has 168 valence electrons. The van der Waals surface area contributed by atoms with Crippen LogP contribution in [-0.2, 0) is 0 Å². The third-order valence-electron chi connectivity index (χ3n) is 6.37. The number of hydrogen-bond acceptors (Lipinski definition) is 6. The molecule has 5 rings (SSSR count). The molecule has 0 bridgehead atoms. The molecule has 4 aromatic rings. The molecule has 2 atom stereocenters. The molecule has 1 aliphatic rings. The first-order chi connectivity index (χ1) is 16.0. The summed E-state index contributed by atoms with van der Waals surface area (Å²) < 4.78 is 1.75. The summed E-state index contributed by atoms with van der Waals surface area (Å²) in [5.41, 5.74) is 3.86. The largest absolute Gasteiger partial charge is 0.351 e. The number of carbonyl (C=O) groups is 1. The lowest BCUT2D eigenvalue weighted by Crippen LogP contribution is -2.33. The second-order valence-electron chi connectivity index (χ2n) is 8.68. The highest BCUT2D eigenvalue weighted by Gasteiger charge is 2.28. The van der Waals surface area contributed by atoms with Gasteiger partial charge in [-0.1, -0.05) is 31.2 Å². The Hall–Kier alpha value is -3.74. The molecular formula is C26H28N6O. The van der Waals surface area contributed by atoms with Crippen molar-refractivity contribution < 1.29 is 4.79 Å². The van der Waals surface area contributed by atoms with Crippen molar-refractivity contribution in [2.45, 2.75) is 52.1 Å². The summed E-state index contributed by atoms with van der Waals surface area (Å²) in [4.78, 5) is 24.0. The Balaban J connectivity index is 1.52. The zero-order chi connectivity index (χ0) is 22.9. The van der Waals surface area contributed by atoms with Gasteiger partial charge in [-0.05, 0) is 51.0 Å². The molecule has 0 saturated carbocycles. The Morgan fingerprint density at radius 1 is 1.09 bits per heavy atom. The van der Waals surface area contributed by atoms with Crippen LogP contribution in [0.2, 0.25) is 0 Å². The van der Waals surface area contributed by atoms with Gasteiger partial charge in [0, 0.05) is 42.0 Å². The lowest BCUT2D eigenvalue weighted by Gasteiger charge is -2.27. The van der Waals surface area contributed by atoms with Crippen LogP contribution in [0.15, 0.2) is 60.9 Å². The number of imidazole rings is 1. The van der Waals surface area contributed by atoms with E-state index in [9.17, 15) is 4.79 Å². The highest BCUT2D eigenvalue weighted by Crippen LogP contribution is 2.31. The van der Waals surface area contributed by atoms with Gasteiger partial charge in [-0.3, -0.25) is 4.79 Å². The molecule has 33 heavy (non-hydrogen) atoms. The van der Waals surface area contributed by atoms with Gasteiger partial charge in [-0.25, -0.2) is 14.5 Å². The predicted molar refractivity (Wildman–Crippen MR) is 131 cm³/mol. The number of benzene rings is 1. The maximum absolute atomic E-state index is 12.2. The molecule has 7 heteroatoms. The van der Waals surface area contributed by atoms with Crippen LogP contribution in [0.1, 0.15) is 50.4 Å². The highest BCUT2D eigenvalue weighted by molar-refractivity contribution is 5.97. The molecule has 4 heterocycles. The normalized spacial score (nSPS) is 18.1. The second-order valence-corrected chi connectivity index (χ2v) is 8.68. The first-order valence-electron chi connectivity index (χ1n) is 11.5. The number of pyridine rings is 1. The van der Waals surface area contributed by atoms with Gasteiger partial charge >= 0.3 is 0 Å². The van der Waals surface area contributed by atoms with E-state index in [-0.39, 0.29) is 5.78 Å². The molecule has 1 aromatic carbocycles. The molecule has 1 aliphatic heterocycles. The Bertz CT molecular complexity index is 1300. The van der Waals surface area contributed by atoms with Crippen LogP contribution < -0.4 is 10.2 Å². The van der Waals surface area contributed by atoms with Crippen molar-refractivity contribution in [3.63, 3.8) is 0 Å². The molecule has 0 aliphatic carbocycles. The predicted octanol–water partition coefficient (Wildman–Crippen LogP) is 5.50. The van der Waals surface area contributed by atoms with Crippen molar-refractivity contribution >= 4 is 28.8 Å². The molecule has 3 aromatic heterocycles. The van der Waals surface area contributed by atoms with E-state index in [0.717, 1.165) is 34.2 Å². The summed E-state index contributed by atoms with van der Waals surface area (Å²) >= 11 is 0. The van der Waals surface area contributed by atoms with Crippen LogP contribution in [0.25, 0.3) is 16.9 Å². The second kappa shape index (κ2) is 8.65. The van der Waals surface area contributed by atoms with E-state index in [1.165, 1.54) is 12.8 Å². The zero-order valence-corrected chi connectivity index (χ0v) is 19.2. The summed E-state index contributed by atoms with van der Waals surface area (Å²) in [6.07, 6.45) is 6.39. The summed E-state index contributed by atoms with van der Waals surface area (Å²) in [7, 11) is 0. The summed E-state index contributed by atoms with van der Waals surface area (Å²) in [5.74, 6) is 1.86. The number of ketones is 1. The van der Waals surface area contributed by atoms with Gasteiger partial charge in [0.2, 0.25) is 0 Å². The quantitative estimate of drug-likeness (QED) is 0.399. The van der Waals surface area contributed by atoms with Crippen LogP contribution >= 0.6 is 0 Å². The molecule has 2 unspecified atom stereocenters. The van der Waals surface area contributed by atoms with Gasteiger partial charge in [-0.2, -0.15) is 5.10 Å². The van der Waals surface area contributed by atoms with Gasteiger partial charge in [0.05, 0.1) is 11.4 Å². The molecule has 1 fully saturated rings. The number of Topliss-reactive ketones (excluding diaryl/α,β-unsaturated/α-hetero) is 1. The SMILES string of the molecule is CCC(=O)c1cccc(-c2cc(Nc3cccc(N4C(C)CCC4C)n3)c3nccn3n2)c1. The van der Waals surface area contributed by atoms with Crippen LogP contribution in [0.5, 0.6) is 0 Å². The number of anilines is 3. The molecule has 0 amide bonds. The van der Waals surface area contributed by atoms with Crippen molar-refractivity contribution in [3.05, 3.63) is 66.5 Å². The lowest BCUT2D eigenvalue weighted by atomic mass is 10.0.